The van der Waals surface area contributed by atoms with E-state index in [1.165, 1.54) is 17.9 Å². The average Bonchev–Trinajstić information content (AvgIpc) is 3.61. The number of ether oxygens (including phenoxy) is 1. The van der Waals surface area contributed by atoms with E-state index in [4.69, 9.17) is 16.3 Å². The summed E-state index contributed by atoms with van der Waals surface area (Å²) in [6.07, 6.45) is -2.96. The van der Waals surface area contributed by atoms with Gasteiger partial charge in [-0.1, -0.05) is 17.7 Å². The van der Waals surface area contributed by atoms with E-state index in [2.05, 4.69) is 5.10 Å². The van der Waals surface area contributed by atoms with Crippen molar-refractivity contribution in [2.75, 3.05) is 13.7 Å². The predicted molar refractivity (Wildman–Crippen MR) is 126 cm³/mol. The number of rotatable bonds is 7. The molecule has 0 bridgehead atoms. The lowest BCUT2D eigenvalue weighted by atomic mass is 9.98. The van der Waals surface area contributed by atoms with Crippen LogP contribution >= 0.6 is 11.6 Å². The Hall–Kier alpha value is -3.07. The number of carbonyl (C=O) groups is 2. The second-order valence-corrected chi connectivity index (χ2v) is 9.09. The SMILES string of the molecule is CCN(Cc1cc(C(F)(F)F)ccc1-c1nn(C(C)C(=O)OC)c2ccc(Cl)cc12)C(=O)C1CC1. The number of hydrogen-bond donors (Lipinski definition) is 0. The molecule has 0 spiro atoms. The standard InChI is InChI=1S/C25H25ClF3N3O3/c1-4-31(23(33)15-5-6-15)13-16-11-17(25(27,28)29)7-9-19(16)22-20-12-18(26)8-10-21(20)32(30-22)14(2)24(34)35-3/h7-12,14-15H,4-6,13H2,1-3H3. The summed E-state index contributed by atoms with van der Waals surface area (Å²) in [4.78, 5) is 26.6. The Bertz CT molecular complexity index is 1280. The first-order valence-electron chi connectivity index (χ1n) is 11.3. The molecule has 1 aliphatic carbocycles. The largest absolute Gasteiger partial charge is 0.467 e. The molecule has 1 unspecified atom stereocenters. The van der Waals surface area contributed by atoms with E-state index in [0.29, 0.717) is 39.3 Å². The average molecular weight is 508 g/mol. The van der Waals surface area contributed by atoms with Crippen LogP contribution in [0.3, 0.4) is 0 Å². The van der Waals surface area contributed by atoms with Crippen LogP contribution in [0.2, 0.25) is 5.02 Å². The summed E-state index contributed by atoms with van der Waals surface area (Å²) >= 11 is 6.24. The number of benzene rings is 2. The number of halogens is 4. The number of amides is 1. The Morgan fingerprint density at radius 3 is 2.54 bits per heavy atom. The van der Waals surface area contributed by atoms with Crippen molar-refractivity contribution in [3.63, 3.8) is 0 Å². The summed E-state index contributed by atoms with van der Waals surface area (Å²) in [5.41, 5.74) is 0.887. The number of nitrogens with zero attached hydrogens (tertiary/aromatic N) is 3. The number of carbonyl (C=O) groups excluding carboxylic acids is 2. The molecule has 4 rings (SSSR count). The van der Waals surface area contributed by atoms with Gasteiger partial charge in [0, 0.05) is 35.0 Å². The number of methoxy groups -OCH3 is 1. The molecule has 0 radical (unpaired) electrons. The zero-order valence-electron chi connectivity index (χ0n) is 19.5. The number of alkyl halides is 3. The molecule has 1 fully saturated rings. The van der Waals surface area contributed by atoms with Crippen molar-refractivity contribution in [2.45, 2.75) is 45.5 Å². The highest BCUT2D eigenvalue weighted by Gasteiger charge is 2.35. The molecule has 1 heterocycles. The van der Waals surface area contributed by atoms with Gasteiger partial charge in [-0.25, -0.2) is 4.79 Å². The zero-order valence-corrected chi connectivity index (χ0v) is 20.3. The highest BCUT2D eigenvalue weighted by atomic mass is 35.5. The van der Waals surface area contributed by atoms with Gasteiger partial charge in [0.1, 0.15) is 11.7 Å². The Morgan fingerprint density at radius 2 is 1.94 bits per heavy atom. The monoisotopic (exact) mass is 507 g/mol. The summed E-state index contributed by atoms with van der Waals surface area (Å²) in [5, 5.41) is 5.61. The summed E-state index contributed by atoms with van der Waals surface area (Å²) in [5.74, 6) is -0.645. The van der Waals surface area contributed by atoms with Crippen LogP contribution < -0.4 is 0 Å². The molecule has 35 heavy (non-hydrogen) atoms. The van der Waals surface area contributed by atoms with Crippen molar-refractivity contribution in [3.8, 4) is 11.3 Å². The minimum Gasteiger partial charge on any atom is -0.467 e. The van der Waals surface area contributed by atoms with Crippen molar-refractivity contribution in [1.29, 1.82) is 0 Å². The highest BCUT2D eigenvalue weighted by Crippen LogP contribution is 2.38. The molecule has 1 amide bonds. The van der Waals surface area contributed by atoms with Crippen LogP contribution in [0.25, 0.3) is 22.2 Å². The lowest BCUT2D eigenvalue weighted by Crippen LogP contribution is -2.31. The van der Waals surface area contributed by atoms with Crippen LogP contribution in [0.5, 0.6) is 0 Å². The fraction of sp³-hybridized carbons (Fsp3) is 0.400. The Morgan fingerprint density at radius 1 is 1.23 bits per heavy atom. The molecule has 0 aliphatic heterocycles. The van der Waals surface area contributed by atoms with Crippen LogP contribution in [0.4, 0.5) is 13.2 Å². The van der Waals surface area contributed by atoms with Gasteiger partial charge >= 0.3 is 12.1 Å². The molecular formula is C25H25ClF3N3O3. The number of esters is 1. The van der Waals surface area contributed by atoms with Crippen LogP contribution in [-0.4, -0.2) is 40.2 Å². The summed E-state index contributed by atoms with van der Waals surface area (Å²) in [6, 6.07) is 7.66. The third-order valence-corrected chi connectivity index (χ3v) is 6.48. The molecule has 3 aromatic rings. The molecule has 1 atom stereocenters. The van der Waals surface area contributed by atoms with Crippen molar-refractivity contribution in [2.24, 2.45) is 5.92 Å². The van der Waals surface area contributed by atoms with Gasteiger partial charge in [-0.2, -0.15) is 18.3 Å². The molecule has 1 saturated carbocycles. The maximum Gasteiger partial charge on any atom is 0.416 e. The van der Waals surface area contributed by atoms with Crippen molar-refractivity contribution >= 4 is 34.4 Å². The van der Waals surface area contributed by atoms with Crippen LogP contribution in [0.1, 0.15) is 43.9 Å². The van der Waals surface area contributed by atoms with Crippen molar-refractivity contribution in [1.82, 2.24) is 14.7 Å². The van der Waals surface area contributed by atoms with Gasteiger partial charge in [0.25, 0.3) is 0 Å². The van der Waals surface area contributed by atoms with Crippen LogP contribution in [0, 0.1) is 5.92 Å². The Balaban J connectivity index is 1.90. The zero-order chi connectivity index (χ0) is 25.5. The molecule has 186 valence electrons. The van der Waals surface area contributed by atoms with Gasteiger partial charge in [0.2, 0.25) is 5.91 Å². The van der Waals surface area contributed by atoms with Crippen LogP contribution in [0.15, 0.2) is 36.4 Å². The van der Waals surface area contributed by atoms with E-state index >= 15 is 0 Å². The quantitative estimate of drug-likeness (QED) is 0.375. The van der Waals surface area contributed by atoms with Crippen LogP contribution in [-0.2, 0) is 27.0 Å². The van der Waals surface area contributed by atoms with E-state index < -0.39 is 23.8 Å². The topological polar surface area (TPSA) is 64.4 Å². The molecular weight excluding hydrogens is 483 g/mol. The van der Waals surface area contributed by atoms with E-state index in [1.807, 2.05) is 0 Å². The number of fused-ring (bicyclic) bond motifs is 1. The Labute approximate surface area is 205 Å². The second kappa shape index (κ2) is 9.53. The van der Waals surface area contributed by atoms with E-state index in [1.54, 1.807) is 36.9 Å². The van der Waals surface area contributed by atoms with Gasteiger partial charge < -0.3 is 9.64 Å². The van der Waals surface area contributed by atoms with Crippen molar-refractivity contribution < 1.29 is 27.5 Å². The third kappa shape index (κ3) is 5.00. The lowest BCUT2D eigenvalue weighted by molar-refractivity contribution is -0.144. The van der Waals surface area contributed by atoms with Gasteiger partial charge in [-0.05, 0) is 62.6 Å². The minimum atomic E-state index is -4.55. The fourth-order valence-corrected chi connectivity index (χ4v) is 4.32. The number of aromatic nitrogens is 2. The molecule has 0 saturated heterocycles. The van der Waals surface area contributed by atoms with E-state index in [9.17, 15) is 22.8 Å². The number of hydrogen-bond acceptors (Lipinski definition) is 4. The third-order valence-electron chi connectivity index (χ3n) is 6.25. The highest BCUT2D eigenvalue weighted by molar-refractivity contribution is 6.31. The normalized spacial score (nSPS) is 14.7. The van der Waals surface area contributed by atoms with E-state index in [0.717, 1.165) is 25.0 Å². The molecule has 2 aromatic carbocycles. The molecule has 6 nitrogen and oxygen atoms in total. The molecule has 1 aromatic heterocycles. The Kier molecular flexibility index (Phi) is 6.81. The summed E-state index contributed by atoms with van der Waals surface area (Å²) in [6.45, 7) is 3.80. The molecule has 1 aliphatic rings. The first-order valence-corrected chi connectivity index (χ1v) is 11.7. The molecule has 0 N–H and O–H groups in total. The van der Waals surface area contributed by atoms with E-state index in [-0.39, 0.29) is 18.4 Å². The van der Waals surface area contributed by atoms with Gasteiger partial charge in [0.05, 0.1) is 18.2 Å². The predicted octanol–water partition coefficient (Wildman–Crippen LogP) is 5.87. The maximum absolute atomic E-state index is 13.6. The summed E-state index contributed by atoms with van der Waals surface area (Å²) in [7, 11) is 1.27. The van der Waals surface area contributed by atoms with Gasteiger partial charge in [-0.15, -0.1) is 0 Å². The van der Waals surface area contributed by atoms with Gasteiger partial charge in [0.15, 0.2) is 0 Å². The summed E-state index contributed by atoms with van der Waals surface area (Å²) < 4.78 is 47.1. The fourth-order valence-electron chi connectivity index (χ4n) is 4.15. The van der Waals surface area contributed by atoms with Gasteiger partial charge in [-0.3, -0.25) is 9.48 Å². The first kappa shape index (κ1) is 25.0. The smallest absolute Gasteiger partial charge is 0.416 e. The molecule has 10 heteroatoms. The maximum atomic E-state index is 13.6. The minimum absolute atomic E-state index is 0.00651. The first-order chi connectivity index (χ1) is 16.5. The second-order valence-electron chi connectivity index (χ2n) is 8.65. The van der Waals surface area contributed by atoms with Crippen molar-refractivity contribution in [3.05, 3.63) is 52.5 Å². The lowest BCUT2D eigenvalue weighted by Gasteiger charge is -2.23.